The molecule has 1 aliphatic rings. The van der Waals surface area contributed by atoms with Crippen LogP contribution in [0, 0.1) is 0 Å². The van der Waals surface area contributed by atoms with E-state index in [1.54, 1.807) is 24.8 Å². The van der Waals surface area contributed by atoms with Crippen LogP contribution in [0.2, 0.25) is 0 Å². The van der Waals surface area contributed by atoms with Crippen LogP contribution in [-0.4, -0.2) is 22.4 Å². The number of hydrogen-bond donors (Lipinski definition) is 2. The van der Waals surface area contributed by atoms with Gasteiger partial charge >= 0.3 is 0 Å². The fourth-order valence-corrected chi connectivity index (χ4v) is 2.94. The normalized spacial score (nSPS) is 13.8. The maximum atomic E-state index is 12.3. The van der Waals surface area contributed by atoms with E-state index in [0.29, 0.717) is 12.1 Å². The van der Waals surface area contributed by atoms with Crippen molar-refractivity contribution in [3.8, 4) is 0 Å². The van der Waals surface area contributed by atoms with Gasteiger partial charge in [0.25, 0.3) is 5.91 Å². The number of allylic oxidation sites excluding steroid dienone is 1. The lowest BCUT2D eigenvalue weighted by Crippen LogP contribution is -2.23. The number of aromatic nitrogens is 2. The number of amides is 1. The van der Waals surface area contributed by atoms with E-state index in [-0.39, 0.29) is 5.91 Å². The summed E-state index contributed by atoms with van der Waals surface area (Å²) in [6, 6.07) is 5.62. The molecular weight excluding hydrogens is 312 g/mol. The second-order valence-corrected chi connectivity index (χ2v) is 6.29. The van der Waals surface area contributed by atoms with Crippen molar-refractivity contribution in [2.45, 2.75) is 38.6 Å². The first-order chi connectivity index (χ1) is 12.3. The molecule has 0 radical (unpaired) electrons. The summed E-state index contributed by atoms with van der Waals surface area (Å²) in [7, 11) is 0. The van der Waals surface area contributed by atoms with Crippen molar-refractivity contribution >= 4 is 11.6 Å². The molecule has 3 rings (SSSR count). The van der Waals surface area contributed by atoms with Gasteiger partial charge in [0.2, 0.25) is 0 Å². The van der Waals surface area contributed by atoms with Crippen molar-refractivity contribution < 1.29 is 4.79 Å². The number of rotatable bonds is 7. The zero-order valence-electron chi connectivity index (χ0n) is 14.4. The molecule has 5 nitrogen and oxygen atoms in total. The molecule has 2 aromatic heterocycles. The number of carbonyl (C=O) groups excluding carboxylic acids is 1. The topological polar surface area (TPSA) is 66.9 Å². The van der Waals surface area contributed by atoms with E-state index in [1.165, 1.54) is 31.3 Å². The maximum Gasteiger partial charge on any atom is 0.253 e. The molecule has 0 unspecified atom stereocenters. The van der Waals surface area contributed by atoms with Gasteiger partial charge in [-0.1, -0.05) is 11.6 Å². The standard InChI is InChI=1S/C20H24N4O/c25-20(24-13-17-6-9-21-10-7-17)18-12-19(15-22-14-18)23-11-8-16-4-2-1-3-5-16/h4,6-7,9-10,12,14-15,23H,1-3,5,8,11,13H2,(H,24,25). The number of nitrogens with zero attached hydrogens (tertiary/aromatic N) is 2. The minimum Gasteiger partial charge on any atom is -0.383 e. The fourth-order valence-electron chi connectivity index (χ4n) is 2.94. The van der Waals surface area contributed by atoms with E-state index in [1.807, 2.05) is 18.2 Å². The summed E-state index contributed by atoms with van der Waals surface area (Å²) in [6.07, 6.45) is 15.3. The first-order valence-electron chi connectivity index (χ1n) is 8.85. The Balaban J connectivity index is 1.50. The predicted octanol–water partition coefficient (Wildman–Crippen LogP) is 3.71. The third-order valence-corrected chi connectivity index (χ3v) is 4.36. The Bertz CT molecular complexity index is 727. The molecular formula is C20H24N4O. The molecule has 130 valence electrons. The van der Waals surface area contributed by atoms with Gasteiger partial charge in [-0.3, -0.25) is 14.8 Å². The van der Waals surface area contributed by atoms with Gasteiger partial charge in [0.15, 0.2) is 0 Å². The molecule has 0 atom stereocenters. The number of hydrogen-bond acceptors (Lipinski definition) is 4. The Morgan fingerprint density at radius 3 is 2.80 bits per heavy atom. The van der Waals surface area contributed by atoms with Crippen LogP contribution in [0.3, 0.4) is 0 Å². The van der Waals surface area contributed by atoms with Crippen LogP contribution in [0.1, 0.15) is 48.0 Å². The summed E-state index contributed by atoms with van der Waals surface area (Å²) in [5.74, 6) is -0.122. The molecule has 1 amide bonds. The van der Waals surface area contributed by atoms with Gasteiger partial charge in [0.1, 0.15) is 0 Å². The molecule has 2 heterocycles. The van der Waals surface area contributed by atoms with E-state index in [2.05, 4.69) is 26.7 Å². The summed E-state index contributed by atoms with van der Waals surface area (Å²) in [5.41, 5.74) is 4.01. The van der Waals surface area contributed by atoms with Crippen molar-refractivity contribution in [1.82, 2.24) is 15.3 Å². The summed E-state index contributed by atoms with van der Waals surface area (Å²) in [6.45, 7) is 1.35. The van der Waals surface area contributed by atoms with Crippen LogP contribution in [-0.2, 0) is 6.54 Å². The Morgan fingerprint density at radius 2 is 2.00 bits per heavy atom. The third kappa shape index (κ3) is 5.41. The zero-order valence-corrected chi connectivity index (χ0v) is 14.4. The van der Waals surface area contributed by atoms with Gasteiger partial charge in [-0.25, -0.2) is 0 Å². The Kier molecular flexibility index (Phi) is 6.15. The second kappa shape index (κ2) is 8.97. The van der Waals surface area contributed by atoms with Crippen molar-refractivity contribution in [2.75, 3.05) is 11.9 Å². The molecule has 0 aliphatic heterocycles. The molecule has 0 aromatic carbocycles. The lowest BCUT2D eigenvalue weighted by Gasteiger charge is -2.13. The van der Waals surface area contributed by atoms with Gasteiger partial charge in [0.05, 0.1) is 11.3 Å². The van der Waals surface area contributed by atoms with E-state index in [4.69, 9.17) is 0 Å². The van der Waals surface area contributed by atoms with Crippen LogP contribution in [0.4, 0.5) is 5.69 Å². The second-order valence-electron chi connectivity index (χ2n) is 6.29. The minimum atomic E-state index is -0.122. The summed E-state index contributed by atoms with van der Waals surface area (Å²) in [4.78, 5) is 20.4. The smallest absolute Gasteiger partial charge is 0.253 e. The monoisotopic (exact) mass is 336 g/mol. The molecule has 25 heavy (non-hydrogen) atoms. The lowest BCUT2D eigenvalue weighted by molar-refractivity contribution is 0.0950. The summed E-state index contributed by atoms with van der Waals surface area (Å²) >= 11 is 0. The van der Waals surface area contributed by atoms with E-state index in [0.717, 1.165) is 24.2 Å². The molecule has 0 spiro atoms. The van der Waals surface area contributed by atoms with Gasteiger partial charge in [-0.2, -0.15) is 0 Å². The summed E-state index contributed by atoms with van der Waals surface area (Å²) in [5, 5.41) is 6.28. The molecule has 0 fully saturated rings. The molecule has 2 N–H and O–H groups in total. The van der Waals surface area contributed by atoms with E-state index in [9.17, 15) is 4.79 Å². The van der Waals surface area contributed by atoms with Crippen LogP contribution in [0.15, 0.2) is 54.6 Å². The summed E-state index contributed by atoms with van der Waals surface area (Å²) < 4.78 is 0. The quantitative estimate of drug-likeness (QED) is 0.757. The molecule has 0 saturated carbocycles. The van der Waals surface area contributed by atoms with Crippen LogP contribution in [0.5, 0.6) is 0 Å². The van der Waals surface area contributed by atoms with Crippen molar-refractivity contribution in [1.29, 1.82) is 0 Å². The zero-order chi connectivity index (χ0) is 17.3. The highest BCUT2D eigenvalue weighted by atomic mass is 16.1. The molecule has 1 aliphatic carbocycles. The van der Waals surface area contributed by atoms with E-state index >= 15 is 0 Å². The average Bonchev–Trinajstić information content (AvgIpc) is 2.68. The number of pyridine rings is 2. The Labute approximate surface area is 148 Å². The fraction of sp³-hybridized carbons (Fsp3) is 0.350. The van der Waals surface area contributed by atoms with Crippen LogP contribution < -0.4 is 10.6 Å². The van der Waals surface area contributed by atoms with Gasteiger partial charge in [0, 0.05) is 37.9 Å². The molecule has 2 aromatic rings. The first kappa shape index (κ1) is 17.1. The highest BCUT2D eigenvalue weighted by Gasteiger charge is 2.07. The number of anilines is 1. The first-order valence-corrected chi connectivity index (χ1v) is 8.85. The molecule has 5 heteroatoms. The van der Waals surface area contributed by atoms with Gasteiger partial charge in [-0.05, 0) is 55.9 Å². The lowest BCUT2D eigenvalue weighted by atomic mass is 9.97. The molecule has 0 bridgehead atoms. The Morgan fingerprint density at radius 1 is 1.12 bits per heavy atom. The number of carbonyl (C=O) groups is 1. The largest absolute Gasteiger partial charge is 0.383 e. The van der Waals surface area contributed by atoms with Crippen LogP contribution in [0.25, 0.3) is 0 Å². The van der Waals surface area contributed by atoms with Gasteiger partial charge in [-0.15, -0.1) is 0 Å². The highest BCUT2D eigenvalue weighted by Crippen LogP contribution is 2.20. The maximum absolute atomic E-state index is 12.3. The third-order valence-electron chi connectivity index (χ3n) is 4.36. The van der Waals surface area contributed by atoms with Crippen LogP contribution >= 0.6 is 0 Å². The van der Waals surface area contributed by atoms with Crippen molar-refractivity contribution in [2.24, 2.45) is 0 Å². The predicted molar refractivity (Wildman–Crippen MR) is 99.3 cm³/mol. The van der Waals surface area contributed by atoms with Gasteiger partial charge < -0.3 is 10.6 Å². The highest BCUT2D eigenvalue weighted by molar-refractivity contribution is 5.94. The molecule has 0 saturated heterocycles. The SMILES string of the molecule is O=C(NCc1ccncc1)c1cncc(NCCC2=CCCCC2)c1. The average molecular weight is 336 g/mol. The Hall–Kier alpha value is -2.69. The van der Waals surface area contributed by atoms with Crippen molar-refractivity contribution in [3.05, 3.63) is 65.8 Å². The number of nitrogens with one attached hydrogen (secondary N) is 2. The minimum absolute atomic E-state index is 0.122. The van der Waals surface area contributed by atoms with E-state index < -0.39 is 0 Å². The van der Waals surface area contributed by atoms with Crippen molar-refractivity contribution in [3.63, 3.8) is 0 Å².